The van der Waals surface area contributed by atoms with Crippen molar-refractivity contribution in [3.05, 3.63) is 65.9 Å². The van der Waals surface area contributed by atoms with Crippen LogP contribution in [0.4, 0.5) is 0 Å². The highest BCUT2D eigenvalue weighted by Crippen LogP contribution is 2.28. The van der Waals surface area contributed by atoms with E-state index in [4.69, 9.17) is 4.98 Å². The number of aromatic nitrogens is 6. The Morgan fingerprint density at radius 1 is 1.14 bits per heavy atom. The Balaban J connectivity index is 1.48. The highest BCUT2D eigenvalue weighted by atomic mass is 16.2. The van der Waals surface area contributed by atoms with E-state index in [9.17, 15) is 4.79 Å². The number of rotatable bonds is 2. The van der Waals surface area contributed by atoms with E-state index in [2.05, 4.69) is 15.2 Å². The Morgan fingerprint density at radius 2 is 1.96 bits per heavy atom. The summed E-state index contributed by atoms with van der Waals surface area (Å²) in [5.41, 5.74) is 3.04. The van der Waals surface area contributed by atoms with Crippen molar-refractivity contribution in [3.8, 4) is 11.4 Å². The monoisotopic (exact) mass is 373 g/mol. The van der Waals surface area contributed by atoms with Crippen LogP contribution in [-0.2, 0) is 6.54 Å². The van der Waals surface area contributed by atoms with Crippen molar-refractivity contribution in [2.24, 2.45) is 0 Å². The zero-order valence-electron chi connectivity index (χ0n) is 15.6. The Hall–Kier alpha value is -3.55. The van der Waals surface area contributed by atoms with Crippen molar-refractivity contribution in [3.63, 3.8) is 0 Å². The number of fused-ring (bicyclic) bond motifs is 2. The van der Waals surface area contributed by atoms with Gasteiger partial charge in [0.1, 0.15) is 5.82 Å². The van der Waals surface area contributed by atoms with E-state index in [-0.39, 0.29) is 11.9 Å². The number of carbonyl (C=O) groups is 1. The molecule has 3 aromatic heterocycles. The molecule has 8 heteroatoms. The van der Waals surface area contributed by atoms with Gasteiger partial charge in [-0.15, -0.1) is 0 Å². The third kappa shape index (κ3) is 2.49. The van der Waals surface area contributed by atoms with Gasteiger partial charge < -0.3 is 4.90 Å². The van der Waals surface area contributed by atoms with Crippen LogP contribution >= 0.6 is 0 Å². The van der Waals surface area contributed by atoms with Crippen LogP contribution in [0.5, 0.6) is 0 Å². The first-order valence-electron chi connectivity index (χ1n) is 9.24. The molecule has 28 heavy (non-hydrogen) atoms. The molecule has 1 aromatic carbocycles. The molecule has 1 atom stereocenters. The first-order valence-corrected chi connectivity index (χ1v) is 9.24. The van der Waals surface area contributed by atoms with Gasteiger partial charge in [0, 0.05) is 24.4 Å². The molecule has 1 aliphatic rings. The van der Waals surface area contributed by atoms with Crippen molar-refractivity contribution >= 4 is 11.6 Å². The molecule has 8 nitrogen and oxygen atoms in total. The first kappa shape index (κ1) is 16.6. The summed E-state index contributed by atoms with van der Waals surface area (Å²) in [6.07, 6.45) is 3.32. The van der Waals surface area contributed by atoms with E-state index < -0.39 is 0 Å². The van der Waals surface area contributed by atoms with Crippen molar-refractivity contribution < 1.29 is 4.79 Å². The zero-order chi connectivity index (χ0) is 19.3. The fourth-order valence-corrected chi connectivity index (χ4v) is 3.71. The molecule has 0 bridgehead atoms. The second kappa shape index (κ2) is 6.26. The van der Waals surface area contributed by atoms with Crippen LogP contribution in [0.15, 0.2) is 48.8 Å². The number of carbonyl (C=O) groups excluding carboxylic acids is 1. The fourth-order valence-electron chi connectivity index (χ4n) is 3.71. The Bertz CT molecular complexity index is 1180. The van der Waals surface area contributed by atoms with Gasteiger partial charge in [-0.1, -0.05) is 30.3 Å². The lowest BCUT2D eigenvalue weighted by molar-refractivity contribution is 0.0628. The minimum atomic E-state index is -0.182. The summed E-state index contributed by atoms with van der Waals surface area (Å²) in [6.45, 7) is 5.06. The summed E-state index contributed by atoms with van der Waals surface area (Å²) < 4.78 is 3.59. The van der Waals surface area contributed by atoms with Gasteiger partial charge in [0.05, 0.1) is 30.0 Å². The summed E-state index contributed by atoms with van der Waals surface area (Å²) in [5.74, 6) is 1.42. The molecule has 0 saturated carbocycles. The normalized spacial score (nSPS) is 16.4. The molecule has 0 N–H and O–H groups in total. The smallest absolute Gasteiger partial charge is 0.257 e. The Morgan fingerprint density at radius 3 is 2.79 bits per heavy atom. The van der Waals surface area contributed by atoms with Crippen molar-refractivity contribution in [2.75, 3.05) is 6.54 Å². The molecule has 0 saturated heterocycles. The summed E-state index contributed by atoms with van der Waals surface area (Å²) in [6, 6.07) is 11.5. The largest absolute Gasteiger partial charge is 0.327 e. The molecule has 0 fully saturated rings. The molecule has 140 valence electrons. The van der Waals surface area contributed by atoms with Gasteiger partial charge in [-0.2, -0.15) is 10.2 Å². The maximum absolute atomic E-state index is 13.3. The molecule has 0 radical (unpaired) electrons. The molecule has 0 aliphatic carbocycles. The molecule has 1 aliphatic heterocycles. The topological polar surface area (TPSA) is 81.2 Å². The lowest BCUT2D eigenvalue weighted by atomic mass is 10.1. The number of nitrogens with zero attached hydrogens (tertiary/aromatic N) is 7. The van der Waals surface area contributed by atoms with E-state index in [1.807, 2.05) is 59.8 Å². The van der Waals surface area contributed by atoms with Crippen LogP contribution in [0.3, 0.4) is 0 Å². The minimum Gasteiger partial charge on any atom is -0.327 e. The average Bonchev–Trinajstić information content (AvgIpc) is 3.37. The molecular formula is C20H19N7O. The van der Waals surface area contributed by atoms with Crippen LogP contribution in [-0.4, -0.2) is 46.7 Å². The van der Waals surface area contributed by atoms with Gasteiger partial charge in [0.2, 0.25) is 0 Å². The standard InChI is InChI=1S/C20H19N7O/c1-13-16(12-21-17-8-9-22-27(13)17)20(28)25-10-11-26-19(14(25)2)23-18(24-26)15-6-4-3-5-7-15/h3-9,12,14H,10-11H2,1-2H3/t14-/m0/s1. The summed E-state index contributed by atoms with van der Waals surface area (Å²) in [5, 5.41) is 8.89. The maximum atomic E-state index is 13.3. The van der Waals surface area contributed by atoms with Crippen LogP contribution < -0.4 is 0 Å². The van der Waals surface area contributed by atoms with Crippen LogP contribution in [0.25, 0.3) is 17.0 Å². The van der Waals surface area contributed by atoms with E-state index in [0.717, 1.165) is 22.7 Å². The van der Waals surface area contributed by atoms with Crippen molar-refractivity contribution in [2.45, 2.75) is 26.4 Å². The zero-order valence-corrected chi connectivity index (χ0v) is 15.6. The molecule has 4 heterocycles. The van der Waals surface area contributed by atoms with Gasteiger partial charge in [-0.25, -0.2) is 19.2 Å². The van der Waals surface area contributed by atoms with E-state index >= 15 is 0 Å². The minimum absolute atomic E-state index is 0.0644. The molecule has 4 aromatic rings. The van der Waals surface area contributed by atoms with E-state index in [1.165, 1.54) is 0 Å². The fraction of sp³-hybridized carbons (Fsp3) is 0.250. The Kier molecular flexibility index (Phi) is 3.71. The second-order valence-corrected chi connectivity index (χ2v) is 6.92. The van der Waals surface area contributed by atoms with Crippen molar-refractivity contribution in [1.82, 2.24) is 34.3 Å². The lowest BCUT2D eigenvalue weighted by Gasteiger charge is -2.33. The van der Waals surface area contributed by atoms with Crippen molar-refractivity contribution in [1.29, 1.82) is 0 Å². The predicted octanol–water partition coefficient (Wildman–Crippen LogP) is 2.51. The first-order chi connectivity index (χ1) is 13.6. The number of hydrogen-bond acceptors (Lipinski definition) is 5. The van der Waals surface area contributed by atoms with Gasteiger partial charge in [-0.05, 0) is 13.8 Å². The predicted molar refractivity (Wildman–Crippen MR) is 103 cm³/mol. The van der Waals surface area contributed by atoms with Gasteiger partial charge >= 0.3 is 0 Å². The molecule has 5 rings (SSSR count). The van der Waals surface area contributed by atoms with Gasteiger partial charge in [-0.3, -0.25) is 4.79 Å². The average molecular weight is 373 g/mol. The molecule has 1 amide bonds. The Labute approximate surface area is 161 Å². The second-order valence-electron chi connectivity index (χ2n) is 6.92. The van der Waals surface area contributed by atoms with Gasteiger partial charge in [0.25, 0.3) is 5.91 Å². The lowest BCUT2D eigenvalue weighted by Crippen LogP contribution is -2.42. The summed E-state index contributed by atoms with van der Waals surface area (Å²) in [7, 11) is 0. The SMILES string of the molecule is Cc1c(C(=O)N2CCn3nc(-c4ccccc4)nc3[C@@H]2C)cnc2ccnn12. The van der Waals surface area contributed by atoms with Gasteiger partial charge in [0.15, 0.2) is 11.5 Å². The van der Waals surface area contributed by atoms with E-state index in [0.29, 0.717) is 24.5 Å². The highest BCUT2D eigenvalue weighted by molar-refractivity contribution is 5.95. The van der Waals surface area contributed by atoms with Crippen LogP contribution in [0, 0.1) is 6.92 Å². The van der Waals surface area contributed by atoms with Crippen LogP contribution in [0.1, 0.15) is 34.8 Å². The number of benzene rings is 1. The van der Waals surface area contributed by atoms with E-state index in [1.54, 1.807) is 16.9 Å². The number of aryl methyl sites for hydroxylation is 1. The molecular weight excluding hydrogens is 354 g/mol. The third-order valence-corrected chi connectivity index (χ3v) is 5.27. The number of amides is 1. The maximum Gasteiger partial charge on any atom is 0.257 e. The summed E-state index contributed by atoms with van der Waals surface area (Å²) in [4.78, 5) is 24.2. The summed E-state index contributed by atoms with van der Waals surface area (Å²) >= 11 is 0. The quantitative estimate of drug-likeness (QED) is 0.539. The highest BCUT2D eigenvalue weighted by Gasteiger charge is 2.32. The van der Waals surface area contributed by atoms with Crippen LogP contribution in [0.2, 0.25) is 0 Å². The third-order valence-electron chi connectivity index (χ3n) is 5.27. The number of hydrogen-bond donors (Lipinski definition) is 0. The molecule has 0 spiro atoms. The molecule has 0 unspecified atom stereocenters.